The van der Waals surface area contributed by atoms with Crippen molar-refractivity contribution in [3.8, 4) is 11.4 Å². The van der Waals surface area contributed by atoms with E-state index in [4.69, 9.17) is 14.1 Å². The number of benzene rings is 3. The molecule has 1 aliphatic heterocycles. The van der Waals surface area contributed by atoms with Gasteiger partial charge in [0.05, 0.1) is 29.4 Å². The van der Waals surface area contributed by atoms with Gasteiger partial charge in [-0.05, 0) is 42.0 Å². The monoisotopic (exact) mass is 520 g/mol. The number of rotatable bonds is 7. The molecule has 0 radical (unpaired) electrons. The Bertz CT molecular complexity index is 1640. The zero-order valence-electron chi connectivity index (χ0n) is 21.4. The molecule has 0 atom stereocenters. The minimum absolute atomic E-state index is 0.107. The summed E-state index contributed by atoms with van der Waals surface area (Å²) in [6.07, 6.45) is 1.51. The third kappa shape index (κ3) is 5.19. The first kappa shape index (κ1) is 24.6. The standard InChI is InChI=1S/C31H28N4O4/c36-30-24-11-4-5-12-25(24)32-29(21-33-16-18-34(19-17-33)31(37)28-15-8-20-38-28)35(30)26-13-6-7-14-27(26)39-22-23-9-2-1-3-10-23/h1-15,20H,16-19,21-22H2. The second-order valence-electron chi connectivity index (χ2n) is 9.47. The second kappa shape index (κ2) is 11.0. The fourth-order valence-electron chi connectivity index (χ4n) is 4.90. The zero-order valence-corrected chi connectivity index (χ0v) is 21.4. The number of aromatic nitrogens is 2. The molecular formula is C31H28N4O4. The minimum atomic E-state index is -0.141. The first-order chi connectivity index (χ1) is 19.2. The van der Waals surface area contributed by atoms with Gasteiger partial charge in [-0.3, -0.25) is 19.1 Å². The third-order valence-corrected chi connectivity index (χ3v) is 6.94. The van der Waals surface area contributed by atoms with Crippen LogP contribution in [0.25, 0.3) is 16.6 Å². The fourth-order valence-corrected chi connectivity index (χ4v) is 4.90. The van der Waals surface area contributed by atoms with Gasteiger partial charge in [-0.15, -0.1) is 0 Å². The summed E-state index contributed by atoms with van der Waals surface area (Å²) in [4.78, 5) is 35.5. The average Bonchev–Trinajstić information content (AvgIpc) is 3.53. The van der Waals surface area contributed by atoms with Crippen LogP contribution in [0, 0.1) is 0 Å². The quantitative estimate of drug-likeness (QED) is 0.314. The van der Waals surface area contributed by atoms with E-state index in [1.807, 2.05) is 72.8 Å². The van der Waals surface area contributed by atoms with Crippen LogP contribution in [0.15, 0.2) is 106 Å². The van der Waals surface area contributed by atoms with E-state index in [0.717, 1.165) is 5.56 Å². The van der Waals surface area contributed by atoms with Crippen LogP contribution in [0.2, 0.25) is 0 Å². The molecule has 0 saturated carbocycles. The number of fused-ring (bicyclic) bond motifs is 1. The van der Waals surface area contributed by atoms with Gasteiger partial charge in [-0.2, -0.15) is 0 Å². The average molecular weight is 521 g/mol. The molecule has 1 saturated heterocycles. The normalized spacial score (nSPS) is 14.0. The van der Waals surface area contributed by atoms with Crippen LogP contribution in [0.5, 0.6) is 5.75 Å². The number of furan rings is 1. The Morgan fingerprint density at radius 1 is 0.846 bits per heavy atom. The van der Waals surface area contributed by atoms with E-state index < -0.39 is 0 Å². The highest BCUT2D eigenvalue weighted by molar-refractivity contribution is 5.91. The van der Waals surface area contributed by atoms with Gasteiger partial charge in [0.15, 0.2) is 5.76 Å². The van der Waals surface area contributed by atoms with Crippen molar-refractivity contribution in [2.75, 3.05) is 26.2 Å². The highest BCUT2D eigenvalue weighted by Crippen LogP contribution is 2.25. The number of piperazine rings is 1. The third-order valence-electron chi connectivity index (χ3n) is 6.94. The Labute approximate surface area is 225 Å². The van der Waals surface area contributed by atoms with E-state index in [-0.39, 0.29) is 11.5 Å². The van der Waals surface area contributed by atoms with E-state index in [1.54, 1.807) is 27.7 Å². The zero-order chi connectivity index (χ0) is 26.6. The maximum Gasteiger partial charge on any atom is 0.289 e. The minimum Gasteiger partial charge on any atom is -0.487 e. The van der Waals surface area contributed by atoms with Gasteiger partial charge in [0.25, 0.3) is 11.5 Å². The lowest BCUT2D eigenvalue weighted by Gasteiger charge is -2.34. The molecule has 2 aromatic heterocycles. The summed E-state index contributed by atoms with van der Waals surface area (Å²) >= 11 is 0. The molecule has 3 heterocycles. The summed E-state index contributed by atoms with van der Waals surface area (Å²) in [5, 5.41) is 0.549. The molecule has 6 rings (SSSR count). The summed E-state index contributed by atoms with van der Waals surface area (Å²) in [7, 11) is 0. The molecule has 0 bridgehead atoms. The lowest BCUT2D eigenvalue weighted by atomic mass is 10.2. The van der Waals surface area contributed by atoms with Crippen LogP contribution in [-0.4, -0.2) is 51.4 Å². The van der Waals surface area contributed by atoms with E-state index in [0.29, 0.717) is 73.3 Å². The van der Waals surface area contributed by atoms with Crippen LogP contribution < -0.4 is 10.3 Å². The van der Waals surface area contributed by atoms with Crippen molar-refractivity contribution in [3.05, 3.63) is 125 Å². The molecule has 8 nitrogen and oxygen atoms in total. The Hall–Kier alpha value is -4.69. The lowest BCUT2D eigenvalue weighted by Crippen LogP contribution is -2.48. The number of para-hydroxylation sites is 3. The molecule has 3 aromatic carbocycles. The van der Waals surface area contributed by atoms with Gasteiger partial charge in [-0.1, -0.05) is 54.6 Å². The van der Waals surface area contributed by atoms with Crippen LogP contribution in [-0.2, 0) is 13.2 Å². The number of carbonyl (C=O) groups is 1. The van der Waals surface area contributed by atoms with Crippen LogP contribution >= 0.6 is 0 Å². The lowest BCUT2D eigenvalue weighted by molar-refractivity contribution is 0.0594. The summed E-state index contributed by atoms with van der Waals surface area (Å²) in [5.41, 5.74) is 2.21. The Morgan fingerprint density at radius 2 is 1.59 bits per heavy atom. The van der Waals surface area contributed by atoms with Crippen molar-refractivity contribution in [2.24, 2.45) is 0 Å². The number of nitrogens with zero attached hydrogens (tertiary/aromatic N) is 4. The van der Waals surface area contributed by atoms with Crippen molar-refractivity contribution < 1.29 is 13.9 Å². The molecule has 1 aliphatic rings. The van der Waals surface area contributed by atoms with Gasteiger partial charge in [0.1, 0.15) is 18.2 Å². The maximum atomic E-state index is 13.9. The van der Waals surface area contributed by atoms with Gasteiger partial charge in [0.2, 0.25) is 0 Å². The van der Waals surface area contributed by atoms with Crippen molar-refractivity contribution in [1.29, 1.82) is 0 Å². The summed E-state index contributed by atoms with van der Waals surface area (Å²) in [6, 6.07) is 28.3. The smallest absolute Gasteiger partial charge is 0.289 e. The Balaban J connectivity index is 1.30. The molecule has 0 unspecified atom stereocenters. The van der Waals surface area contributed by atoms with E-state index >= 15 is 0 Å². The van der Waals surface area contributed by atoms with Crippen molar-refractivity contribution in [1.82, 2.24) is 19.4 Å². The van der Waals surface area contributed by atoms with E-state index in [1.165, 1.54) is 6.26 Å². The van der Waals surface area contributed by atoms with Crippen molar-refractivity contribution in [3.63, 3.8) is 0 Å². The predicted octanol–water partition coefficient (Wildman–Crippen LogP) is 4.52. The van der Waals surface area contributed by atoms with Crippen molar-refractivity contribution in [2.45, 2.75) is 13.2 Å². The molecular weight excluding hydrogens is 492 g/mol. The summed E-state index contributed by atoms with van der Waals surface area (Å²) < 4.78 is 13.2. The van der Waals surface area contributed by atoms with Gasteiger partial charge in [-0.25, -0.2) is 4.98 Å². The fraction of sp³-hybridized carbons (Fsp3) is 0.194. The van der Waals surface area contributed by atoms with Crippen LogP contribution in [0.3, 0.4) is 0 Å². The Morgan fingerprint density at radius 3 is 2.38 bits per heavy atom. The molecule has 5 aromatic rings. The van der Waals surface area contributed by atoms with Gasteiger partial charge in [0, 0.05) is 26.2 Å². The number of hydrogen-bond acceptors (Lipinski definition) is 6. The Kier molecular flexibility index (Phi) is 6.93. The van der Waals surface area contributed by atoms with E-state index in [2.05, 4.69) is 4.90 Å². The topological polar surface area (TPSA) is 80.8 Å². The number of hydrogen-bond donors (Lipinski definition) is 0. The first-order valence-electron chi connectivity index (χ1n) is 13.0. The highest BCUT2D eigenvalue weighted by Gasteiger charge is 2.25. The van der Waals surface area contributed by atoms with Crippen LogP contribution in [0.4, 0.5) is 0 Å². The van der Waals surface area contributed by atoms with Gasteiger partial charge < -0.3 is 14.1 Å². The summed E-state index contributed by atoms with van der Waals surface area (Å²) in [6.45, 7) is 3.27. The largest absolute Gasteiger partial charge is 0.487 e. The molecule has 1 amide bonds. The predicted molar refractivity (Wildman–Crippen MR) is 148 cm³/mol. The number of carbonyl (C=O) groups excluding carboxylic acids is 1. The number of amides is 1. The molecule has 0 N–H and O–H groups in total. The first-order valence-corrected chi connectivity index (χ1v) is 13.0. The van der Waals surface area contributed by atoms with Gasteiger partial charge >= 0.3 is 0 Å². The molecule has 1 fully saturated rings. The highest BCUT2D eigenvalue weighted by atomic mass is 16.5. The van der Waals surface area contributed by atoms with Crippen molar-refractivity contribution >= 4 is 16.8 Å². The van der Waals surface area contributed by atoms with E-state index in [9.17, 15) is 9.59 Å². The molecule has 0 spiro atoms. The summed E-state index contributed by atoms with van der Waals surface area (Å²) in [5.74, 6) is 1.47. The SMILES string of the molecule is O=C(c1ccco1)N1CCN(Cc2nc3ccccc3c(=O)n2-c2ccccc2OCc2ccccc2)CC1. The molecule has 39 heavy (non-hydrogen) atoms. The molecule has 196 valence electrons. The second-order valence-corrected chi connectivity index (χ2v) is 9.47. The van der Waals surface area contributed by atoms with Crippen LogP contribution in [0.1, 0.15) is 21.9 Å². The maximum absolute atomic E-state index is 13.9. The number of ether oxygens (including phenoxy) is 1. The molecule has 0 aliphatic carbocycles. The molecule has 8 heteroatoms.